The van der Waals surface area contributed by atoms with Gasteiger partial charge in [0.05, 0.1) is 0 Å². The largest absolute Gasteiger partial charge is 0.396 e. The number of carbonyl (C=O) groups is 1. The summed E-state index contributed by atoms with van der Waals surface area (Å²) in [5, 5.41) is 15.1. The van der Waals surface area contributed by atoms with Gasteiger partial charge in [-0.3, -0.25) is 4.79 Å². The average Bonchev–Trinajstić information content (AvgIpc) is 2.68. The molecule has 76 valence electrons. The Balaban J connectivity index is 2.26. The topological polar surface area (TPSA) is 49.3 Å². The number of hydrogen-bond acceptors (Lipinski definition) is 3. The molecule has 0 aliphatic heterocycles. The third-order valence-electron chi connectivity index (χ3n) is 1.60. The van der Waals surface area contributed by atoms with E-state index in [4.69, 9.17) is 5.11 Å². The number of nitrogens with one attached hydrogen (secondary N) is 1. The van der Waals surface area contributed by atoms with Gasteiger partial charge in [0.1, 0.15) is 0 Å². The van der Waals surface area contributed by atoms with Gasteiger partial charge in [0, 0.05) is 19.2 Å². The van der Waals surface area contributed by atoms with E-state index in [1.807, 2.05) is 16.8 Å². The summed E-state index contributed by atoms with van der Waals surface area (Å²) >= 11 is 1.60. The summed E-state index contributed by atoms with van der Waals surface area (Å²) in [7, 11) is 0. The summed E-state index contributed by atoms with van der Waals surface area (Å²) in [4.78, 5) is 11.1. The molecule has 0 bridgehead atoms. The van der Waals surface area contributed by atoms with Gasteiger partial charge in [-0.05, 0) is 34.9 Å². The van der Waals surface area contributed by atoms with Crippen LogP contribution in [0, 0.1) is 0 Å². The van der Waals surface area contributed by atoms with Crippen molar-refractivity contribution in [1.82, 2.24) is 5.32 Å². The van der Waals surface area contributed by atoms with Crippen molar-refractivity contribution in [2.24, 2.45) is 0 Å². The molecular weight excluding hydrogens is 198 g/mol. The van der Waals surface area contributed by atoms with Crippen LogP contribution in [0.25, 0.3) is 6.08 Å². The number of hydrogen-bond donors (Lipinski definition) is 2. The van der Waals surface area contributed by atoms with Gasteiger partial charge in [-0.1, -0.05) is 0 Å². The molecule has 0 atom stereocenters. The Kier molecular flexibility index (Phi) is 4.96. The van der Waals surface area contributed by atoms with Crippen LogP contribution in [0.15, 0.2) is 22.9 Å². The second kappa shape index (κ2) is 6.34. The first kappa shape index (κ1) is 10.9. The number of thiophene rings is 1. The Morgan fingerprint density at radius 2 is 2.50 bits per heavy atom. The number of aliphatic hydroxyl groups excluding tert-OH is 1. The minimum absolute atomic E-state index is 0.106. The maximum atomic E-state index is 11.1. The third kappa shape index (κ3) is 4.20. The number of carbonyl (C=O) groups excluding carboxylic acids is 1. The van der Waals surface area contributed by atoms with E-state index in [0.717, 1.165) is 5.56 Å². The van der Waals surface area contributed by atoms with Crippen molar-refractivity contribution in [2.45, 2.75) is 6.42 Å². The molecule has 1 aromatic heterocycles. The average molecular weight is 211 g/mol. The summed E-state index contributed by atoms with van der Waals surface area (Å²) in [5.41, 5.74) is 1.03. The molecule has 0 radical (unpaired) electrons. The lowest BCUT2D eigenvalue weighted by Gasteiger charge is -1.98. The predicted octanol–water partition coefficient (Wildman–Crippen LogP) is 1.26. The van der Waals surface area contributed by atoms with E-state index in [1.54, 1.807) is 17.4 Å². The van der Waals surface area contributed by atoms with Crippen LogP contribution in [0.5, 0.6) is 0 Å². The first-order valence-electron chi connectivity index (χ1n) is 4.42. The maximum Gasteiger partial charge on any atom is 0.244 e. The highest BCUT2D eigenvalue weighted by Gasteiger charge is 1.93. The van der Waals surface area contributed by atoms with E-state index in [0.29, 0.717) is 13.0 Å². The van der Waals surface area contributed by atoms with E-state index >= 15 is 0 Å². The molecule has 0 aromatic carbocycles. The van der Waals surface area contributed by atoms with Crippen LogP contribution in [0.3, 0.4) is 0 Å². The van der Waals surface area contributed by atoms with Crippen molar-refractivity contribution in [3.8, 4) is 0 Å². The van der Waals surface area contributed by atoms with Gasteiger partial charge < -0.3 is 10.4 Å². The molecule has 0 aliphatic carbocycles. The first-order valence-corrected chi connectivity index (χ1v) is 5.36. The molecule has 1 rings (SSSR count). The lowest BCUT2D eigenvalue weighted by atomic mass is 10.3. The predicted molar refractivity (Wildman–Crippen MR) is 58.1 cm³/mol. The fraction of sp³-hybridized carbons (Fsp3) is 0.300. The maximum absolute atomic E-state index is 11.1. The quantitative estimate of drug-likeness (QED) is 0.569. The normalized spacial score (nSPS) is 10.6. The molecular formula is C10H13NO2S. The van der Waals surface area contributed by atoms with E-state index in [1.165, 1.54) is 6.08 Å². The van der Waals surface area contributed by atoms with Crippen molar-refractivity contribution in [3.05, 3.63) is 28.5 Å². The van der Waals surface area contributed by atoms with Gasteiger partial charge >= 0.3 is 0 Å². The van der Waals surface area contributed by atoms with Crippen LogP contribution in [-0.4, -0.2) is 24.2 Å². The molecule has 1 amide bonds. The second-order valence-electron chi connectivity index (χ2n) is 2.76. The summed E-state index contributed by atoms with van der Waals surface area (Å²) < 4.78 is 0. The molecule has 0 fully saturated rings. The fourth-order valence-electron chi connectivity index (χ4n) is 0.891. The number of amides is 1. The highest BCUT2D eigenvalue weighted by atomic mass is 32.1. The fourth-order valence-corrected chi connectivity index (χ4v) is 1.52. The summed E-state index contributed by atoms with van der Waals surface area (Å²) in [6.45, 7) is 0.623. The molecule has 0 unspecified atom stereocenters. The molecule has 14 heavy (non-hydrogen) atoms. The zero-order valence-electron chi connectivity index (χ0n) is 7.77. The minimum Gasteiger partial charge on any atom is -0.396 e. The first-order chi connectivity index (χ1) is 6.83. The van der Waals surface area contributed by atoms with E-state index in [9.17, 15) is 4.79 Å². The summed E-state index contributed by atoms with van der Waals surface area (Å²) in [6, 6.07) is 1.95. The molecule has 0 aliphatic rings. The molecule has 0 spiro atoms. The van der Waals surface area contributed by atoms with Gasteiger partial charge in [-0.25, -0.2) is 0 Å². The minimum atomic E-state index is -0.121. The molecule has 2 N–H and O–H groups in total. The van der Waals surface area contributed by atoms with Gasteiger partial charge in [0.15, 0.2) is 0 Å². The van der Waals surface area contributed by atoms with Crippen molar-refractivity contribution in [2.75, 3.05) is 13.2 Å². The molecule has 3 nitrogen and oxygen atoms in total. The standard InChI is InChI=1S/C10H13NO2S/c12-6-1-5-11-10(13)3-2-9-4-7-14-8-9/h2-4,7-8,12H,1,5-6H2,(H,11,13)/b3-2+. The summed E-state index contributed by atoms with van der Waals surface area (Å²) in [5.74, 6) is -0.121. The Bertz CT molecular complexity index is 293. The van der Waals surface area contributed by atoms with E-state index < -0.39 is 0 Å². The molecule has 0 saturated carbocycles. The SMILES string of the molecule is O=C(/C=C/c1ccsc1)NCCCO. The van der Waals surface area contributed by atoms with Crippen molar-refractivity contribution >= 4 is 23.3 Å². The summed E-state index contributed by atoms with van der Waals surface area (Å²) in [6.07, 6.45) is 3.86. The second-order valence-corrected chi connectivity index (χ2v) is 3.54. The Labute approximate surface area is 87.1 Å². The molecule has 1 aromatic rings. The number of aliphatic hydroxyl groups is 1. The van der Waals surface area contributed by atoms with Gasteiger partial charge in [-0.15, -0.1) is 0 Å². The number of rotatable bonds is 5. The highest BCUT2D eigenvalue weighted by molar-refractivity contribution is 7.08. The van der Waals surface area contributed by atoms with Gasteiger partial charge in [0.25, 0.3) is 0 Å². The molecule has 0 saturated heterocycles. The highest BCUT2D eigenvalue weighted by Crippen LogP contribution is 2.07. The van der Waals surface area contributed by atoms with Crippen molar-refractivity contribution in [1.29, 1.82) is 0 Å². The van der Waals surface area contributed by atoms with Crippen LogP contribution < -0.4 is 5.32 Å². The van der Waals surface area contributed by atoms with Gasteiger partial charge in [0.2, 0.25) is 5.91 Å². The van der Waals surface area contributed by atoms with Crippen LogP contribution in [-0.2, 0) is 4.79 Å². The zero-order chi connectivity index (χ0) is 10.2. The van der Waals surface area contributed by atoms with Crippen LogP contribution in [0.4, 0.5) is 0 Å². The Hall–Kier alpha value is -1.13. The van der Waals surface area contributed by atoms with Crippen LogP contribution in [0.1, 0.15) is 12.0 Å². The van der Waals surface area contributed by atoms with Crippen molar-refractivity contribution < 1.29 is 9.90 Å². The van der Waals surface area contributed by atoms with Crippen molar-refractivity contribution in [3.63, 3.8) is 0 Å². The molecule has 4 heteroatoms. The monoisotopic (exact) mass is 211 g/mol. The van der Waals surface area contributed by atoms with E-state index in [-0.39, 0.29) is 12.5 Å². The third-order valence-corrected chi connectivity index (χ3v) is 2.31. The van der Waals surface area contributed by atoms with E-state index in [2.05, 4.69) is 5.32 Å². The zero-order valence-corrected chi connectivity index (χ0v) is 8.59. The molecule has 1 heterocycles. The lowest BCUT2D eigenvalue weighted by molar-refractivity contribution is -0.116. The Morgan fingerprint density at radius 3 is 3.14 bits per heavy atom. The Morgan fingerprint density at radius 1 is 1.64 bits per heavy atom. The van der Waals surface area contributed by atoms with Gasteiger partial charge in [-0.2, -0.15) is 11.3 Å². The smallest absolute Gasteiger partial charge is 0.244 e. The van der Waals surface area contributed by atoms with Crippen LogP contribution in [0.2, 0.25) is 0 Å². The lowest BCUT2D eigenvalue weighted by Crippen LogP contribution is -2.22. The van der Waals surface area contributed by atoms with Crippen LogP contribution >= 0.6 is 11.3 Å².